The second-order valence-corrected chi connectivity index (χ2v) is 6.71. The molecule has 4 nitrogen and oxygen atoms in total. The number of carbonyl (C=O) groups is 1. The Morgan fingerprint density at radius 3 is 2.62 bits per heavy atom. The lowest BCUT2D eigenvalue weighted by Gasteiger charge is -2.23. The molecule has 21 heavy (non-hydrogen) atoms. The van der Waals surface area contributed by atoms with Crippen LogP contribution in [0.2, 0.25) is 5.02 Å². The van der Waals surface area contributed by atoms with Gasteiger partial charge in [0.1, 0.15) is 18.4 Å². The van der Waals surface area contributed by atoms with E-state index in [1.165, 1.54) is 6.33 Å². The van der Waals surface area contributed by atoms with E-state index in [2.05, 4.69) is 10.1 Å². The minimum Gasteiger partial charge on any atom is -0.299 e. The lowest BCUT2D eigenvalue weighted by Crippen LogP contribution is -2.25. The second-order valence-electron chi connectivity index (χ2n) is 6.27. The maximum absolute atomic E-state index is 12.4. The standard InChI is InChI=1S/C16H20ClN3O/c1-11-7-12(17)5-6-13(11)14(20-10-18-9-19-20)8-15(21)16(2,3)4/h5-7,9-10,14H,8H2,1-4H3. The summed E-state index contributed by atoms with van der Waals surface area (Å²) < 4.78 is 1.74. The minimum atomic E-state index is -0.376. The molecule has 1 atom stereocenters. The van der Waals surface area contributed by atoms with Crippen LogP contribution in [0.3, 0.4) is 0 Å². The van der Waals surface area contributed by atoms with Gasteiger partial charge in [-0.15, -0.1) is 0 Å². The van der Waals surface area contributed by atoms with Crippen molar-refractivity contribution >= 4 is 17.4 Å². The van der Waals surface area contributed by atoms with Crippen molar-refractivity contribution in [2.45, 2.75) is 40.2 Å². The first-order valence-electron chi connectivity index (χ1n) is 6.92. The Morgan fingerprint density at radius 2 is 2.10 bits per heavy atom. The second kappa shape index (κ2) is 5.98. The average Bonchev–Trinajstić information content (AvgIpc) is 2.89. The van der Waals surface area contributed by atoms with Gasteiger partial charge in [0.15, 0.2) is 0 Å². The van der Waals surface area contributed by atoms with Gasteiger partial charge in [0, 0.05) is 16.9 Å². The number of rotatable bonds is 4. The van der Waals surface area contributed by atoms with Crippen LogP contribution in [0.15, 0.2) is 30.9 Å². The fourth-order valence-electron chi connectivity index (χ4n) is 2.22. The molecule has 0 bridgehead atoms. The van der Waals surface area contributed by atoms with Gasteiger partial charge < -0.3 is 0 Å². The Labute approximate surface area is 130 Å². The highest BCUT2D eigenvalue weighted by atomic mass is 35.5. The van der Waals surface area contributed by atoms with Crippen molar-refractivity contribution in [3.63, 3.8) is 0 Å². The Bertz CT molecular complexity index is 629. The van der Waals surface area contributed by atoms with Gasteiger partial charge in [-0.25, -0.2) is 9.67 Å². The molecule has 1 heterocycles. The molecule has 1 aromatic carbocycles. The van der Waals surface area contributed by atoms with E-state index in [1.54, 1.807) is 11.0 Å². The first-order valence-corrected chi connectivity index (χ1v) is 7.30. The van der Waals surface area contributed by atoms with Gasteiger partial charge in [-0.05, 0) is 30.2 Å². The lowest BCUT2D eigenvalue weighted by molar-refractivity contribution is -0.126. The van der Waals surface area contributed by atoms with Crippen molar-refractivity contribution in [1.82, 2.24) is 14.8 Å². The molecule has 5 heteroatoms. The van der Waals surface area contributed by atoms with Gasteiger partial charge >= 0.3 is 0 Å². The molecule has 0 saturated heterocycles. The molecule has 0 fully saturated rings. The van der Waals surface area contributed by atoms with Crippen molar-refractivity contribution in [2.24, 2.45) is 5.41 Å². The van der Waals surface area contributed by atoms with Crippen LogP contribution in [0.5, 0.6) is 0 Å². The maximum atomic E-state index is 12.4. The molecule has 0 spiro atoms. The number of benzene rings is 1. The van der Waals surface area contributed by atoms with Crippen molar-refractivity contribution in [3.8, 4) is 0 Å². The van der Waals surface area contributed by atoms with E-state index in [0.717, 1.165) is 11.1 Å². The van der Waals surface area contributed by atoms with Crippen LogP contribution in [0.4, 0.5) is 0 Å². The summed E-state index contributed by atoms with van der Waals surface area (Å²) in [6, 6.07) is 5.55. The number of aromatic nitrogens is 3. The molecule has 2 aromatic rings. The maximum Gasteiger partial charge on any atom is 0.140 e. The Morgan fingerprint density at radius 1 is 1.38 bits per heavy atom. The molecule has 0 saturated carbocycles. The Kier molecular flexibility index (Phi) is 4.47. The molecule has 0 aliphatic heterocycles. The zero-order chi connectivity index (χ0) is 15.6. The number of Topliss-reactive ketones (excluding diaryl/α,β-unsaturated/α-hetero) is 1. The predicted molar refractivity (Wildman–Crippen MR) is 83.4 cm³/mol. The van der Waals surface area contributed by atoms with Gasteiger partial charge in [-0.3, -0.25) is 4.79 Å². The number of nitrogens with zero attached hydrogens (tertiary/aromatic N) is 3. The normalized spacial score (nSPS) is 13.2. The van der Waals surface area contributed by atoms with E-state index in [-0.39, 0.29) is 17.2 Å². The third-order valence-electron chi connectivity index (χ3n) is 3.56. The van der Waals surface area contributed by atoms with Crippen molar-refractivity contribution < 1.29 is 4.79 Å². The predicted octanol–water partition coefficient (Wildman–Crippen LogP) is 3.83. The van der Waals surface area contributed by atoms with Gasteiger partial charge in [0.2, 0.25) is 0 Å². The third-order valence-corrected chi connectivity index (χ3v) is 3.80. The van der Waals surface area contributed by atoms with Crippen LogP contribution < -0.4 is 0 Å². The van der Waals surface area contributed by atoms with Crippen molar-refractivity contribution in [1.29, 1.82) is 0 Å². The smallest absolute Gasteiger partial charge is 0.140 e. The first-order chi connectivity index (χ1) is 9.79. The zero-order valence-corrected chi connectivity index (χ0v) is 13.6. The van der Waals surface area contributed by atoms with E-state index < -0.39 is 0 Å². The molecular formula is C16H20ClN3O. The van der Waals surface area contributed by atoms with E-state index >= 15 is 0 Å². The van der Waals surface area contributed by atoms with Crippen molar-refractivity contribution in [3.05, 3.63) is 47.0 Å². The van der Waals surface area contributed by atoms with Gasteiger partial charge in [0.05, 0.1) is 6.04 Å². The fourth-order valence-corrected chi connectivity index (χ4v) is 2.45. The summed E-state index contributed by atoms with van der Waals surface area (Å²) in [5, 5.41) is 4.90. The van der Waals surface area contributed by atoms with Crippen LogP contribution in [0, 0.1) is 12.3 Å². The van der Waals surface area contributed by atoms with Crippen LogP contribution in [-0.2, 0) is 4.79 Å². The molecule has 0 amide bonds. The molecule has 0 radical (unpaired) electrons. The molecular weight excluding hydrogens is 286 g/mol. The lowest BCUT2D eigenvalue weighted by atomic mass is 9.85. The topological polar surface area (TPSA) is 47.8 Å². The van der Waals surface area contributed by atoms with Gasteiger partial charge in [0.25, 0.3) is 0 Å². The highest BCUT2D eigenvalue weighted by Crippen LogP contribution is 2.30. The number of hydrogen-bond donors (Lipinski definition) is 0. The largest absolute Gasteiger partial charge is 0.299 e. The van der Waals surface area contributed by atoms with Crippen LogP contribution >= 0.6 is 11.6 Å². The van der Waals surface area contributed by atoms with E-state index in [9.17, 15) is 4.79 Å². The van der Waals surface area contributed by atoms with Crippen molar-refractivity contribution in [2.75, 3.05) is 0 Å². The number of aryl methyl sites for hydroxylation is 1. The summed E-state index contributed by atoms with van der Waals surface area (Å²) in [4.78, 5) is 16.4. The number of ketones is 1. The number of hydrogen-bond acceptors (Lipinski definition) is 3. The average molecular weight is 306 g/mol. The summed E-state index contributed by atoms with van der Waals surface area (Å²) in [5.74, 6) is 0.192. The molecule has 112 valence electrons. The van der Waals surface area contributed by atoms with E-state index in [1.807, 2.05) is 45.9 Å². The molecule has 1 aromatic heterocycles. The summed E-state index contributed by atoms with van der Waals surface area (Å²) in [5.41, 5.74) is 1.71. The Balaban J connectivity index is 2.40. The summed E-state index contributed by atoms with van der Waals surface area (Å²) >= 11 is 6.02. The third kappa shape index (κ3) is 3.70. The Hall–Kier alpha value is -1.68. The van der Waals surface area contributed by atoms with Crippen LogP contribution in [-0.4, -0.2) is 20.5 Å². The SMILES string of the molecule is Cc1cc(Cl)ccc1C(CC(=O)C(C)(C)C)n1cncn1. The minimum absolute atomic E-state index is 0.156. The first kappa shape index (κ1) is 15.7. The molecule has 2 rings (SSSR count). The molecule has 1 unspecified atom stereocenters. The van der Waals surface area contributed by atoms with E-state index in [4.69, 9.17) is 11.6 Å². The fraction of sp³-hybridized carbons (Fsp3) is 0.438. The van der Waals surface area contributed by atoms with Crippen LogP contribution in [0.25, 0.3) is 0 Å². The zero-order valence-electron chi connectivity index (χ0n) is 12.8. The monoisotopic (exact) mass is 305 g/mol. The van der Waals surface area contributed by atoms with Gasteiger partial charge in [-0.1, -0.05) is 38.4 Å². The number of carbonyl (C=O) groups excluding carboxylic acids is 1. The van der Waals surface area contributed by atoms with E-state index in [0.29, 0.717) is 11.4 Å². The summed E-state index contributed by atoms with van der Waals surface area (Å²) in [7, 11) is 0. The summed E-state index contributed by atoms with van der Waals surface area (Å²) in [6.45, 7) is 7.79. The summed E-state index contributed by atoms with van der Waals surface area (Å²) in [6.07, 6.45) is 3.52. The quantitative estimate of drug-likeness (QED) is 0.862. The van der Waals surface area contributed by atoms with Gasteiger partial charge in [-0.2, -0.15) is 5.10 Å². The highest BCUT2D eigenvalue weighted by Gasteiger charge is 2.27. The molecule has 0 aliphatic carbocycles. The van der Waals surface area contributed by atoms with Crippen LogP contribution in [0.1, 0.15) is 44.4 Å². The highest BCUT2D eigenvalue weighted by molar-refractivity contribution is 6.30. The molecule has 0 aliphatic rings. The molecule has 0 N–H and O–H groups in total. The number of halogens is 1.